The van der Waals surface area contributed by atoms with Gasteiger partial charge in [-0.1, -0.05) is 57.2 Å². The fourth-order valence-corrected chi connectivity index (χ4v) is 0.957. The molecule has 1 rings (SSSR count). The van der Waals surface area contributed by atoms with E-state index in [1.165, 1.54) is 0 Å². The Hall–Kier alpha value is -1.92. The number of hydrogen-bond donors (Lipinski definition) is 0. The molecule has 0 bridgehead atoms. The van der Waals surface area contributed by atoms with Gasteiger partial charge in [0.05, 0.1) is 19.1 Å². The van der Waals surface area contributed by atoms with E-state index in [9.17, 15) is 9.59 Å². The Balaban J connectivity index is -0.000000113. The summed E-state index contributed by atoms with van der Waals surface area (Å²) in [5.41, 5.74) is 0. The van der Waals surface area contributed by atoms with Gasteiger partial charge in [-0.05, 0) is 13.8 Å². The van der Waals surface area contributed by atoms with Crippen LogP contribution in [0.2, 0.25) is 0 Å². The van der Waals surface area contributed by atoms with Crippen molar-refractivity contribution in [2.24, 2.45) is 5.92 Å². The molecular formula is C17H32O6. The summed E-state index contributed by atoms with van der Waals surface area (Å²) in [5.74, 6) is -0.232. The topological polar surface area (TPSA) is 116 Å². The third kappa shape index (κ3) is 25.4. The van der Waals surface area contributed by atoms with E-state index in [4.69, 9.17) is 0 Å². The molecule has 4 N–H and O–H groups in total. The Morgan fingerprint density at radius 1 is 0.783 bits per heavy atom. The molecule has 0 aliphatic rings. The smallest absolute Gasteiger partial charge is 0.308 e. The van der Waals surface area contributed by atoms with Crippen LogP contribution in [0, 0.1) is 5.92 Å². The normalized spacial score (nSPS) is 7.91. The maximum absolute atomic E-state index is 10.5. The lowest BCUT2D eigenvalue weighted by Gasteiger charge is -2.01. The summed E-state index contributed by atoms with van der Waals surface area (Å²) in [7, 11) is 0. The fraction of sp³-hybridized carbons (Fsp3) is 0.529. The molecular weight excluding hydrogens is 300 g/mol. The van der Waals surface area contributed by atoms with Crippen molar-refractivity contribution in [3.8, 4) is 0 Å². The average Bonchev–Trinajstić information content (AvgIpc) is 2.50. The van der Waals surface area contributed by atoms with Crippen molar-refractivity contribution in [1.82, 2.24) is 0 Å². The van der Waals surface area contributed by atoms with Gasteiger partial charge < -0.3 is 20.4 Å². The molecule has 23 heavy (non-hydrogen) atoms. The highest BCUT2D eigenvalue weighted by atomic mass is 16.5. The van der Waals surface area contributed by atoms with Gasteiger partial charge in [0.2, 0.25) is 0 Å². The number of benzene rings is 1. The molecule has 0 radical (unpaired) electrons. The van der Waals surface area contributed by atoms with Crippen LogP contribution in [0.15, 0.2) is 36.4 Å². The number of rotatable bonds is 4. The molecule has 6 nitrogen and oxygen atoms in total. The average molecular weight is 332 g/mol. The van der Waals surface area contributed by atoms with E-state index >= 15 is 0 Å². The van der Waals surface area contributed by atoms with Crippen LogP contribution in [0.5, 0.6) is 0 Å². The Kier molecular flexibility index (Phi) is 28.3. The third-order valence-corrected chi connectivity index (χ3v) is 2.02. The largest absolute Gasteiger partial charge is 0.466 e. The number of esters is 2. The highest BCUT2D eigenvalue weighted by Crippen LogP contribution is 1.93. The summed E-state index contributed by atoms with van der Waals surface area (Å²) in [6.45, 7) is 9.99. The van der Waals surface area contributed by atoms with Gasteiger partial charge in [-0.15, -0.1) is 0 Å². The first-order valence-corrected chi connectivity index (χ1v) is 7.31. The lowest BCUT2D eigenvalue weighted by Crippen LogP contribution is -2.10. The predicted octanol–water partition coefficient (Wildman–Crippen LogP) is 2.20. The van der Waals surface area contributed by atoms with Crippen LogP contribution in [-0.2, 0) is 19.1 Å². The number of hydrogen-bond acceptors (Lipinski definition) is 4. The number of carbonyl (C=O) groups is 2. The molecule has 1 aromatic carbocycles. The van der Waals surface area contributed by atoms with Gasteiger partial charge in [0, 0.05) is 6.42 Å². The maximum atomic E-state index is 10.5. The molecule has 0 fully saturated rings. The van der Waals surface area contributed by atoms with Crippen molar-refractivity contribution in [2.75, 3.05) is 13.2 Å². The van der Waals surface area contributed by atoms with Crippen LogP contribution in [0.4, 0.5) is 0 Å². The second-order valence-corrected chi connectivity index (χ2v) is 4.22. The minimum absolute atomic E-state index is 0. The van der Waals surface area contributed by atoms with Crippen LogP contribution < -0.4 is 0 Å². The van der Waals surface area contributed by atoms with Crippen LogP contribution in [0.25, 0.3) is 0 Å². The zero-order valence-corrected chi connectivity index (χ0v) is 14.8. The molecule has 6 heteroatoms. The lowest BCUT2D eigenvalue weighted by atomic mass is 10.2. The first-order chi connectivity index (χ1) is 9.99. The van der Waals surface area contributed by atoms with Crippen molar-refractivity contribution < 1.29 is 30.0 Å². The molecule has 1 aromatic rings. The SMILES string of the molecule is CCOC(=O)C(C)C.CCOC(=O)CC.O.O.c1ccccc1. The molecule has 0 heterocycles. The molecule has 0 spiro atoms. The Morgan fingerprint density at radius 2 is 1.13 bits per heavy atom. The van der Waals surface area contributed by atoms with Crippen LogP contribution >= 0.6 is 0 Å². The molecule has 0 saturated carbocycles. The summed E-state index contributed by atoms with van der Waals surface area (Å²) >= 11 is 0. The minimum atomic E-state index is -0.123. The minimum Gasteiger partial charge on any atom is -0.466 e. The summed E-state index contributed by atoms with van der Waals surface area (Å²) in [6, 6.07) is 12.0. The highest BCUT2D eigenvalue weighted by Gasteiger charge is 2.04. The zero-order valence-electron chi connectivity index (χ0n) is 14.8. The van der Waals surface area contributed by atoms with Gasteiger partial charge in [0.15, 0.2) is 0 Å². The van der Waals surface area contributed by atoms with E-state index < -0.39 is 0 Å². The van der Waals surface area contributed by atoms with Crippen molar-refractivity contribution in [3.63, 3.8) is 0 Å². The Bertz CT molecular complexity index is 325. The quantitative estimate of drug-likeness (QED) is 0.786. The van der Waals surface area contributed by atoms with Crippen molar-refractivity contribution >= 4 is 11.9 Å². The first-order valence-electron chi connectivity index (χ1n) is 7.31. The molecule has 0 saturated heterocycles. The summed E-state index contributed by atoms with van der Waals surface area (Å²) < 4.78 is 9.22. The van der Waals surface area contributed by atoms with Gasteiger partial charge in [-0.25, -0.2) is 0 Å². The van der Waals surface area contributed by atoms with E-state index in [1.807, 2.05) is 50.2 Å². The Morgan fingerprint density at radius 3 is 1.26 bits per heavy atom. The predicted molar refractivity (Wildman–Crippen MR) is 92.1 cm³/mol. The van der Waals surface area contributed by atoms with Crippen molar-refractivity contribution in [3.05, 3.63) is 36.4 Å². The van der Waals surface area contributed by atoms with Gasteiger partial charge in [-0.2, -0.15) is 0 Å². The lowest BCUT2D eigenvalue weighted by molar-refractivity contribution is -0.146. The van der Waals surface area contributed by atoms with E-state index in [-0.39, 0.29) is 28.8 Å². The molecule has 0 atom stereocenters. The Labute approximate surface area is 139 Å². The van der Waals surface area contributed by atoms with E-state index in [1.54, 1.807) is 20.8 Å². The fourth-order valence-electron chi connectivity index (χ4n) is 0.957. The van der Waals surface area contributed by atoms with Gasteiger partial charge in [0.25, 0.3) is 0 Å². The van der Waals surface area contributed by atoms with Crippen LogP contribution in [0.1, 0.15) is 41.0 Å². The maximum Gasteiger partial charge on any atom is 0.308 e. The van der Waals surface area contributed by atoms with Crippen molar-refractivity contribution in [2.45, 2.75) is 41.0 Å². The standard InChI is InChI=1S/C6H12O2.C6H6.C5H10O2.2H2O/c1-4-8-6(7)5(2)3;1-2-4-6-5-3-1;1-3-5(6)7-4-2;;/h5H,4H2,1-3H3;1-6H;3-4H2,1-2H3;2*1H2. The van der Waals surface area contributed by atoms with Crippen molar-refractivity contribution in [1.29, 1.82) is 0 Å². The third-order valence-electron chi connectivity index (χ3n) is 2.02. The molecule has 0 aliphatic carbocycles. The van der Waals surface area contributed by atoms with E-state index in [2.05, 4.69) is 9.47 Å². The molecule has 0 aromatic heterocycles. The monoisotopic (exact) mass is 332 g/mol. The molecule has 136 valence electrons. The number of carbonyl (C=O) groups excluding carboxylic acids is 2. The second kappa shape index (κ2) is 22.4. The summed E-state index contributed by atoms with van der Waals surface area (Å²) in [6.07, 6.45) is 0.480. The summed E-state index contributed by atoms with van der Waals surface area (Å²) in [4.78, 5) is 20.7. The van der Waals surface area contributed by atoms with Gasteiger partial charge >= 0.3 is 11.9 Å². The molecule has 0 unspecified atom stereocenters. The molecule has 0 amide bonds. The summed E-state index contributed by atoms with van der Waals surface area (Å²) in [5, 5.41) is 0. The zero-order chi connectivity index (χ0) is 16.5. The van der Waals surface area contributed by atoms with Gasteiger partial charge in [0.1, 0.15) is 0 Å². The highest BCUT2D eigenvalue weighted by molar-refractivity contribution is 5.71. The second-order valence-electron chi connectivity index (χ2n) is 4.22. The van der Waals surface area contributed by atoms with Crippen LogP contribution in [0.3, 0.4) is 0 Å². The van der Waals surface area contributed by atoms with Gasteiger partial charge in [-0.3, -0.25) is 9.59 Å². The van der Waals surface area contributed by atoms with E-state index in [0.717, 1.165) is 0 Å². The van der Waals surface area contributed by atoms with Crippen LogP contribution in [-0.4, -0.2) is 36.1 Å². The first kappa shape index (κ1) is 29.1. The van der Waals surface area contributed by atoms with E-state index in [0.29, 0.717) is 19.6 Å². The number of ether oxygens (including phenoxy) is 2. The molecule has 0 aliphatic heterocycles.